The molecule has 3 heterocycles. The van der Waals surface area contributed by atoms with Crippen LogP contribution in [0.15, 0.2) is 48.8 Å². The summed E-state index contributed by atoms with van der Waals surface area (Å²) in [6, 6.07) is 11.3. The molecule has 2 atom stereocenters. The lowest BCUT2D eigenvalue weighted by Gasteiger charge is -2.32. The van der Waals surface area contributed by atoms with Gasteiger partial charge in [-0.15, -0.1) is 0 Å². The third-order valence-electron chi connectivity index (χ3n) is 4.43. The van der Waals surface area contributed by atoms with Crippen LogP contribution in [0.25, 0.3) is 0 Å². The zero-order valence-corrected chi connectivity index (χ0v) is 12.6. The molecule has 6 heteroatoms. The van der Waals surface area contributed by atoms with Gasteiger partial charge in [0.2, 0.25) is 11.8 Å². The predicted octanol–water partition coefficient (Wildman–Crippen LogP) is 1.20. The minimum Gasteiger partial charge on any atom is -0.356 e. The molecule has 0 spiro atoms. The Bertz CT molecular complexity index is 741. The van der Waals surface area contributed by atoms with Crippen molar-refractivity contribution in [2.75, 3.05) is 16.8 Å². The van der Waals surface area contributed by atoms with Crippen LogP contribution in [0.2, 0.25) is 0 Å². The first-order valence-electron chi connectivity index (χ1n) is 7.77. The fourth-order valence-electron chi connectivity index (χ4n) is 3.42. The minimum absolute atomic E-state index is 0.00542. The molecular formula is C17H18N4O2. The van der Waals surface area contributed by atoms with E-state index in [2.05, 4.69) is 15.5 Å². The van der Waals surface area contributed by atoms with Gasteiger partial charge in [0.15, 0.2) is 0 Å². The average molecular weight is 310 g/mol. The van der Waals surface area contributed by atoms with E-state index in [1.165, 1.54) is 0 Å². The minimum atomic E-state index is -0.207. The van der Waals surface area contributed by atoms with Crippen LogP contribution in [0.4, 0.5) is 11.4 Å². The molecule has 2 amide bonds. The topological polar surface area (TPSA) is 66.4 Å². The number of para-hydroxylation sites is 2. The summed E-state index contributed by atoms with van der Waals surface area (Å²) in [5.41, 5.74) is 1.87. The highest BCUT2D eigenvalue weighted by Gasteiger charge is 2.41. The Morgan fingerprint density at radius 1 is 1.22 bits per heavy atom. The molecule has 0 radical (unpaired) electrons. The first-order valence-corrected chi connectivity index (χ1v) is 7.77. The SMILES string of the molecule is O=C(Cn1cccc1)NC1CC2C(=O)Nc3ccccc3N2C1. The lowest BCUT2D eigenvalue weighted by molar-refractivity contribution is -0.122. The summed E-state index contributed by atoms with van der Waals surface area (Å²) in [5.74, 6) is -0.0226. The van der Waals surface area contributed by atoms with E-state index in [0.29, 0.717) is 19.5 Å². The van der Waals surface area contributed by atoms with Gasteiger partial charge in [-0.2, -0.15) is 0 Å². The summed E-state index contributed by atoms with van der Waals surface area (Å²) in [6.07, 6.45) is 4.36. The summed E-state index contributed by atoms with van der Waals surface area (Å²) in [6.45, 7) is 0.962. The Labute approximate surface area is 134 Å². The van der Waals surface area contributed by atoms with Gasteiger partial charge in [-0.25, -0.2) is 0 Å². The van der Waals surface area contributed by atoms with Crippen LogP contribution < -0.4 is 15.5 Å². The molecule has 0 aliphatic carbocycles. The van der Waals surface area contributed by atoms with Crippen LogP contribution >= 0.6 is 0 Å². The molecule has 2 aromatic rings. The summed E-state index contributed by atoms with van der Waals surface area (Å²) in [4.78, 5) is 26.5. The molecule has 1 aromatic carbocycles. The Morgan fingerprint density at radius 3 is 2.83 bits per heavy atom. The number of carbonyl (C=O) groups excluding carboxylic acids is 2. The molecule has 0 bridgehead atoms. The van der Waals surface area contributed by atoms with Crippen molar-refractivity contribution in [1.29, 1.82) is 0 Å². The Kier molecular flexibility index (Phi) is 3.29. The molecule has 1 fully saturated rings. The fraction of sp³-hybridized carbons (Fsp3) is 0.294. The molecule has 23 heavy (non-hydrogen) atoms. The second-order valence-corrected chi connectivity index (χ2v) is 6.03. The van der Waals surface area contributed by atoms with Crippen LogP contribution in [0.3, 0.4) is 0 Å². The van der Waals surface area contributed by atoms with Gasteiger partial charge in [0, 0.05) is 25.0 Å². The van der Waals surface area contributed by atoms with Crippen molar-refractivity contribution < 1.29 is 9.59 Å². The maximum Gasteiger partial charge on any atom is 0.247 e. The van der Waals surface area contributed by atoms with E-state index in [1.807, 2.05) is 53.4 Å². The summed E-state index contributed by atoms with van der Waals surface area (Å²) in [7, 11) is 0. The molecular weight excluding hydrogens is 292 g/mol. The van der Waals surface area contributed by atoms with Crippen LogP contribution in [0.5, 0.6) is 0 Å². The number of benzene rings is 1. The molecule has 118 valence electrons. The van der Waals surface area contributed by atoms with Crippen molar-refractivity contribution in [3.63, 3.8) is 0 Å². The number of anilines is 2. The maximum atomic E-state index is 12.3. The summed E-state index contributed by atoms with van der Waals surface area (Å²) < 4.78 is 1.83. The molecule has 2 unspecified atom stereocenters. The number of rotatable bonds is 3. The predicted molar refractivity (Wildman–Crippen MR) is 87.2 cm³/mol. The number of hydrogen-bond donors (Lipinski definition) is 2. The van der Waals surface area contributed by atoms with Gasteiger partial charge in [-0.05, 0) is 30.7 Å². The number of amides is 2. The molecule has 1 saturated heterocycles. The highest BCUT2D eigenvalue weighted by Crippen LogP contribution is 2.36. The maximum absolute atomic E-state index is 12.3. The lowest BCUT2D eigenvalue weighted by Crippen LogP contribution is -2.44. The monoisotopic (exact) mass is 310 g/mol. The van der Waals surface area contributed by atoms with Gasteiger partial charge < -0.3 is 20.1 Å². The van der Waals surface area contributed by atoms with Crippen molar-refractivity contribution in [3.05, 3.63) is 48.8 Å². The molecule has 2 aliphatic heterocycles. The zero-order chi connectivity index (χ0) is 15.8. The standard InChI is InChI=1S/C17H18N4O2/c22-16(11-20-7-3-4-8-20)18-12-9-15-17(23)19-13-5-1-2-6-14(13)21(15)10-12/h1-8,12,15H,9-11H2,(H,18,22)(H,19,23). The van der Waals surface area contributed by atoms with Crippen molar-refractivity contribution in [1.82, 2.24) is 9.88 Å². The second kappa shape index (κ2) is 5.46. The van der Waals surface area contributed by atoms with E-state index < -0.39 is 0 Å². The number of nitrogens with one attached hydrogen (secondary N) is 2. The fourth-order valence-corrected chi connectivity index (χ4v) is 3.42. The van der Waals surface area contributed by atoms with Gasteiger partial charge in [-0.1, -0.05) is 12.1 Å². The van der Waals surface area contributed by atoms with Crippen molar-refractivity contribution in [2.45, 2.75) is 25.0 Å². The largest absolute Gasteiger partial charge is 0.356 e. The van der Waals surface area contributed by atoms with E-state index in [0.717, 1.165) is 11.4 Å². The van der Waals surface area contributed by atoms with Crippen LogP contribution in [0.1, 0.15) is 6.42 Å². The Morgan fingerprint density at radius 2 is 2.00 bits per heavy atom. The van der Waals surface area contributed by atoms with Crippen LogP contribution in [0, 0.1) is 0 Å². The number of hydrogen-bond acceptors (Lipinski definition) is 3. The number of aromatic nitrogens is 1. The summed E-state index contributed by atoms with van der Waals surface area (Å²) >= 11 is 0. The van der Waals surface area contributed by atoms with E-state index in [9.17, 15) is 9.59 Å². The van der Waals surface area contributed by atoms with Crippen LogP contribution in [-0.2, 0) is 16.1 Å². The van der Waals surface area contributed by atoms with Gasteiger partial charge in [-0.3, -0.25) is 9.59 Å². The molecule has 2 aliphatic rings. The molecule has 0 saturated carbocycles. The Balaban J connectivity index is 1.46. The molecule has 2 N–H and O–H groups in total. The number of carbonyl (C=O) groups is 2. The van der Waals surface area contributed by atoms with Crippen molar-refractivity contribution in [2.24, 2.45) is 0 Å². The van der Waals surface area contributed by atoms with Gasteiger partial charge >= 0.3 is 0 Å². The molecule has 1 aromatic heterocycles. The highest BCUT2D eigenvalue weighted by molar-refractivity contribution is 6.04. The smallest absolute Gasteiger partial charge is 0.247 e. The quantitative estimate of drug-likeness (QED) is 0.895. The van der Waals surface area contributed by atoms with Crippen molar-refractivity contribution >= 4 is 23.2 Å². The second-order valence-electron chi connectivity index (χ2n) is 6.03. The van der Waals surface area contributed by atoms with Gasteiger partial charge in [0.05, 0.1) is 11.4 Å². The highest BCUT2D eigenvalue weighted by atomic mass is 16.2. The van der Waals surface area contributed by atoms with Crippen LogP contribution in [-0.4, -0.2) is 35.0 Å². The van der Waals surface area contributed by atoms with E-state index >= 15 is 0 Å². The first kappa shape index (κ1) is 13.9. The lowest BCUT2D eigenvalue weighted by atomic mass is 10.1. The summed E-state index contributed by atoms with van der Waals surface area (Å²) in [5, 5.41) is 5.99. The Hall–Kier alpha value is -2.76. The molecule has 4 rings (SSSR count). The van der Waals surface area contributed by atoms with E-state index in [4.69, 9.17) is 0 Å². The normalized spacial score (nSPS) is 22.3. The third-order valence-corrected chi connectivity index (χ3v) is 4.43. The van der Waals surface area contributed by atoms with Gasteiger partial charge in [0.1, 0.15) is 12.6 Å². The first-order chi connectivity index (χ1) is 11.2. The van der Waals surface area contributed by atoms with E-state index in [-0.39, 0.29) is 23.9 Å². The third kappa shape index (κ3) is 2.56. The number of nitrogens with zero attached hydrogens (tertiary/aromatic N) is 2. The zero-order valence-electron chi connectivity index (χ0n) is 12.6. The van der Waals surface area contributed by atoms with Gasteiger partial charge in [0.25, 0.3) is 0 Å². The molecule has 6 nitrogen and oxygen atoms in total. The number of fused-ring (bicyclic) bond motifs is 3. The van der Waals surface area contributed by atoms with Crippen molar-refractivity contribution in [3.8, 4) is 0 Å². The van der Waals surface area contributed by atoms with E-state index in [1.54, 1.807) is 0 Å². The average Bonchev–Trinajstić information content (AvgIpc) is 3.17.